The van der Waals surface area contributed by atoms with Crippen molar-refractivity contribution in [1.29, 1.82) is 0 Å². The molecule has 0 spiro atoms. The predicted octanol–water partition coefficient (Wildman–Crippen LogP) is 1.72. The van der Waals surface area contributed by atoms with Gasteiger partial charge in [0.2, 0.25) is 0 Å². The summed E-state index contributed by atoms with van der Waals surface area (Å²) >= 11 is 0. The zero-order chi connectivity index (χ0) is 11.3. The number of hydrogen-bond acceptors (Lipinski definition) is 3. The summed E-state index contributed by atoms with van der Waals surface area (Å²) in [6.45, 7) is 2.31. The van der Waals surface area contributed by atoms with E-state index in [2.05, 4.69) is 0 Å². The molecule has 0 heterocycles. The van der Waals surface area contributed by atoms with Gasteiger partial charge in [-0.15, -0.1) is 0 Å². The van der Waals surface area contributed by atoms with E-state index in [4.69, 9.17) is 4.74 Å². The lowest BCUT2D eigenvalue weighted by Gasteiger charge is -2.22. The van der Waals surface area contributed by atoms with Gasteiger partial charge in [0.05, 0.1) is 5.60 Å². The molecule has 0 aliphatic heterocycles. The highest BCUT2D eigenvalue weighted by Gasteiger charge is 2.20. The Labute approximate surface area is 90.3 Å². The summed E-state index contributed by atoms with van der Waals surface area (Å²) in [5.74, 6) is 0.232. The minimum atomic E-state index is -0.788. The van der Waals surface area contributed by atoms with Crippen LogP contribution in [0.1, 0.15) is 18.9 Å². The molecule has 2 N–H and O–H groups in total. The number of aliphatic hydroxyl groups is 1. The molecule has 15 heavy (non-hydrogen) atoms. The molecule has 1 aromatic rings. The Bertz CT molecular complexity index is 307. The Hall–Kier alpha value is -1.06. The Balaban J connectivity index is 2.60. The molecule has 3 heteroatoms. The van der Waals surface area contributed by atoms with Gasteiger partial charge < -0.3 is 14.9 Å². The highest BCUT2D eigenvalue weighted by molar-refractivity contribution is 5.28. The summed E-state index contributed by atoms with van der Waals surface area (Å²) in [7, 11) is 1.62. The molecule has 0 fully saturated rings. The van der Waals surface area contributed by atoms with Crippen molar-refractivity contribution in [2.24, 2.45) is 0 Å². The van der Waals surface area contributed by atoms with Gasteiger partial charge in [0, 0.05) is 20.1 Å². The summed E-state index contributed by atoms with van der Waals surface area (Å²) < 4.78 is 4.93. The molecule has 1 atom stereocenters. The number of phenolic OH excluding ortho intramolecular Hbond substituents is 1. The monoisotopic (exact) mass is 210 g/mol. The lowest BCUT2D eigenvalue weighted by molar-refractivity contribution is 0.0249. The van der Waals surface area contributed by atoms with Gasteiger partial charge in [0.15, 0.2) is 0 Å². The fourth-order valence-corrected chi connectivity index (χ4v) is 1.52. The zero-order valence-electron chi connectivity index (χ0n) is 9.23. The number of aromatic hydroxyl groups is 1. The standard InChI is InChI=1S/C12H18O3/c1-12(14,6-7-15-2)9-10-4-3-5-11(13)8-10/h3-5,8,13-14H,6-7,9H2,1-2H3. The van der Waals surface area contributed by atoms with Crippen molar-refractivity contribution in [2.45, 2.75) is 25.4 Å². The quantitative estimate of drug-likeness (QED) is 0.778. The first kappa shape index (κ1) is 12.0. The van der Waals surface area contributed by atoms with E-state index in [-0.39, 0.29) is 5.75 Å². The number of hydrogen-bond donors (Lipinski definition) is 2. The fourth-order valence-electron chi connectivity index (χ4n) is 1.52. The second-order valence-electron chi connectivity index (χ2n) is 4.09. The van der Waals surface area contributed by atoms with Crippen LogP contribution in [-0.4, -0.2) is 29.5 Å². The van der Waals surface area contributed by atoms with Crippen molar-refractivity contribution in [2.75, 3.05) is 13.7 Å². The van der Waals surface area contributed by atoms with Crippen LogP contribution in [0.15, 0.2) is 24.3 Å². The summed E-state index contributed by atoms with van der Waals surface area (Å²) in [6, 6.07) is 6.95. The lowest BCUT2D eigenvalue weighted by atomic mass is 9.93. The van der Waals surface area contributed by atoms with E-state index < -0.39 is 5.60 Å². The van der Waals surface area contributed by atoms with Gasteiger partial charge >= 0.3 is 0 Å². The second-order valence-corrected chi connectivity index (χ2v) is 4.09. The lowest BCUT2D eigenvalue weighted by Crippen LogP contribution is -2.28. The third-order valence-electron chi connectivity index (χ3n) is 2.34. The molecule has 0 amide bonds. The molecule has 0 bridgehead atoms. The van der Waals surface area contributed by atoms with Crippen molar-refractivity contribution < 1.29 is 14.9 Å². The van der Waals surface area contributed by atoms with E-state index in [0.29, 0.717) is 19.4 Å². The molecule has 0 aliphatic carbocycles. The van der Waals surface area contributed by atoms with Crippen molar-refractivity contribution in [3.05, 3.63) is 29.8 Å². The van der Waals surface area contributed by atoms with Gasteiger partial charge in [-0.2, -0.15) is 0 Å². The smallest absolute Gasteiger partial charge is 0.115 e. The molecule has 1 aromatic carbocycles. The maximum absolute atomic E-state index is 10.0. The van der Waals surface area contributed by atoms with E-state index in [1.165, 1.54) is 0 Å². The fraction of sp³-hybridized carbons (Fsp3) is 0.500. The van der Waals surface area contributed by atoms with Crippen LogP contribution in [0.4, 0.5) is 0 Å². The van der Waals surface area contributed by atoms with E-state index >= 15 is 0 Å². The third kappa shape index (κ3) is 4.32. The van der Waals surface area contributed by atoms with E-state index in [1.807, 2.05) is 6.07 Å². The second kappa shape index (κ2) is 5.14. The minimum absolute atomic E-state index is 0.232. The summed E-state index contributed by atoms with van der Waals surface area (Å²) in [6.07, 6.45) is 1.10. The van der Waals surface area contributed by atoms with Gasteiger partial charge in [-0.3, -0.25) is 0 Å². The van der Waals surface area contributed by atoms with Gasteiger partial charge in [-0.1, -0.05) is 12.1 Å². The number of methoxy groups -OCH3 is 1. The van der Waals surface area contributed by atoms with Crippen molar-refractivity contribution >= 4 is 0 Å². The molecule has 0 saturated carbocycles. The highest BCUT2D eigenvalue weighted by Crippen LogP contribution is 2.19. The molecule has 0 saturated heterocycles. The molecule has 0 radical (unpaired) electrons. The maximum atomic E-state index is 10.0. The topological polar surface area (TPSA) is 49.7 Å². The van der Waals surface area contributed by atoms with Crippen molar-refractivity contribution in [1.82, 2.24) is 0 Å². The van der Waals surface area contributed by atoms with Crippen LogP contribution in [0.3, 0.4) is 0 Å². The predicted molar refractivity (Wildman–Crippen MR) is 58.9 cm³/mol. The van der Waals surface area contributed by atoms with Crippen LogP contribution < -0.4 is 0 Å². The molecule has 0 aromatic heterocycles. The van der Waals surface area contributed by atoms with Crippen LogP contribution in [0, 0.1) is 0 Å². The van der Waals surface area contributed by atoms with Gasteiger partial charge in [-0.25, -0.2) is 0 Å². The Morgan fingerprint density at radius 2 is 2.13 bits per heavy atom. The molecule has 1 unspecified atom stereocenters. The van der Waals surface area contributed by atoms with Crippen LogP contribution in [-0.2, 0) is 11.2 Å². The molecule has 84 valence electrons. The van der Waals surface area contributed by atoms with Crippen LogP contribution in [0.25, 0.3) is 0 Å². The molecule has 1 rings (SSSR count). The molecular formula is C12H18O3. The molecule has 0 aliphatic rings. The number of benzene rings is 1. The van der Waals surface area contributed by atoms with Gasteiger partial charge in [-0.05, 0) is 31.0 Å². The largest absolute Gasteiger partial charge is 0.508 e. The highest BCUT2D eigenvalue weighted by atomic mass is 16.5. The summed E-state index contributed by atoms with van der Waals surface area (Å²) in [4.78, 5) is 0. The average molecular weight is 210 g/mol. The number of phenols is 1. The van der Waals surface area contributed by atoms with E-state index in [1.54, 1.807) is 32.2 Å². The van der Waals surface area contributed by atoms with E-state index in [9.17, 15) is 10.2 Å². The first-order chi connectivity index (χ1) is 7.03. The van der Waals surface area contributed by atoms with Crippen molar-refractivity contribution in [3.63, 3.8) is 0 Å². The minimum Gasteiger partial charge on any atom is -0.508 e. The number of ether oxygens (including phenoxy) is 1. The first-order valence-corrected chi connectivity index (χ1v) is 5.03. The van der Waals surface area contributed by atoms with Crippen LogP contribution >= 0.6 is 0 Å². The normalized spacial score (nSPS) is 14.9. The van der Waals surface area contributed by atoms with E-state index in [0.717, 1.165) is 5.56 Å². The Morgan fingerprint density at radius 3 is 2.73 bits per heavy atom. The Kier molecular flexibility index (Phi) is 4.12. The zero-order valence-corrected chi connectivity index (χ0v) is 9.23. The summed E-state index contributed by atoms with van der Waals surface area (Å²) in [5.41, 5.74) is 0.139. The SMILES string of the molecule is COCCC(C)(O)Cc1cccc(O)c1. The third-order valence-corrected chi connectivity index (χ3v) is 2.34. The first-order valence-electron chi connectivity index (χ1n) is 5.03. The molecule has 3 nitrogen and oxygen atoms in total. The number of rotatable bonds is 5. The van der Waals surface area contributed by atoms with Crippen LogP contribution in [0.2, 0.25) is 0 Å². The van der Waals surface area contributed by atoms with Crippen LogP contribution in [0.5, 0.6) is 5.75 Å². The average Bonchev–Trinajstić information content (AvgIpc) is 2.14. The Morgan fingerprint density at radius 1 is 1.40 bits per heavy atom. The van der Waals surface area contributed by atoms with Crippen molar-refractivity contribution in [3.8, 4) is 5.75 Å². The molecular weight excluding hydrogens is 192 g/mol. The maximum Gasteiger partial charge on any atom is 0.115 e. The van der Waals surface area contributed by atoms with Gasteiger partial charge in [0.1, 0.15) is 5.75 Å². The van der Waals surface area contributed by atoms with Gasteiger partial charge in [0.25, 0.3) is 0 Å². The summed E-state index contributed by atoms with van der Waals surface area (Å²) in [5, 5.41) is 19.3.